The Balaban J connectivity index is 1.79. The van der Waals surface area contributed by atoms with Gasteiger partial charge in [0.25, 0.3) is 5.91 Å². The number of aryl methyl sites for hydroxylation is 2. The molecule has 106 valence electrons. The van der Waals surface area contributed by atoms with Crippen LogP contribution in [0, 0.1) is 13.8 Å². The first kappa shape index (κ1) is 13.0. The highest BCUT2D eigenvalue weighted by Gasteiger charge is 2.21. The topological polar surface area (TPSA) is 60.1 Å². The average molecular weight is 273 g/mol. The molecule has 0 aliphatic heterocycles. The monoisotopic (exact) mass is 273 g/mol. The largest absolute Gasteiger partial charge is 0.466 e. The van der Waals surface area contributed by atoms with Crippen molar-refractivity contribution in [2.75, 3.05) is 5.32 Å². The molecule has 0 bridgehead atoms. The van der Waals surface area contributed by atoms with E-state index in [1.807, 2.05) is 17.7 Å². The molecule has 1 N–H and O–H groups in total. The number of rotatable bonds is 3. The summed E-state index contributed by atoms with van der Waals surface area (Å²) in [6.07, 6.45) is 6.47. The van der Waals surface area contributed by atoms with E-state index in [1.165, 1.54) is 12.8 Å². The Hall–Kier alpha value is -2.04. The second-order valence-corrected chi connectivity index (χ2v) is 5.38. The van der Waals surface area contributed by atoms with Crippen LogP contribution in [0.15, 0.2) is 22.7 Å². The SMILES string of the molecule is Cc1cc(C(=O)Nc2ccnn2C2CCCC2)c(C)o1. The van der Waals surface area contributed by atoms with Crippen molar-refractivity contribution < 1.29 is 9.21 Å². The van der Waals surface area contributed by atoms with E-state index < -0.39 is 0 Å². The highest BCUT2D eigenvalue weighted by Crippen LogP contribution is 2.31. The maximum atomic E-state index is 12.3. The van der Waals surface area contributed by atoms with Crippen molar-refractivity contribution in [3.05, 3.63) is 35.4 Å². The Labute approximate surface area is 118 Å². The number of carbonyl (C=O) groups is 1. The Morgan fingerprint density at radius 3 is 2.80 bits per heavy atom. The summed E-state index contributed by atoms with van der Waals surface area (Å²) in [7, 11) is 0. The van der Waals surface area contributed by atoms with E-state index >= 15 is 0 Å². The molecule has 3 rings (SSSR count). The van der Waals surface area contributed by atoms with Crippen molar-refractivity contribution in [2.24, 2.45) is 0 Å². The van der Waals surface area contributed by atoms with E-state index in [0.29, 0.717) is 17.4 Å². The van der Waals surface area contributed by atoms with E-state index in [1.54, 1.807) is 19.2 Å². The molecule has 1 aliphatic carbocycles. The summed E-state index contributed by atoms with van der Waals surface area (Å²) < 4.78 is 7.34. The van der Waals surface area contributed by atoms with E-state index in [0.717, 1.165) is 24.4 Å². The molecule has 0 spiro atoms. The van der Waals surface area contributed by atoms with Crippen molar-refractivity contribution in [3.8, 4) is 0 Å². The van der Waals surface area contributed by atoms with Gasteiger partial charge in [-0.3, -0.25) is 4.79 Å². The van der Waals surface area contributed by atoms with Crippen LogP contribution in [0.1, 0.15) is 53.6 Å². The van der Waals surface area contributed by atoms with E-state index in [-0.39, 0.29) is 5.91 Å². The lowest BCUT2D eigenvalue weighted by atomic mass is 10.2. The van der Waals surface area contributed by atoms with Gasteiger partial charge in [-0.1, -0.05) is 12.8 Å². The zero-order valence-corrected chi connectivity index (χ0v) is 11.8. The zero-order valence-electron chi connectivity index (χ0n) is 11.8. The third kappa shape index (κ3) is 2.35. The van der Waals surface area contributed by atoms with Gasteiger partial charge in [-0.15, -0.1) is 0 Å². The van der Waals surface area contributed by atoms with Gasteiger partial charge in [0.2, 0.25) is 0 Å². The number of hydrogen-bond acceptors (Lipinski definition) is 3. The third-order valence-corrected chi connectivity index (χ3v) is 3.87. The first-order chi connectivity index (χ1) is 9.65. The molecule has 1 saturated carbocycles. The Kier molecular flexibility index (Phi) is 3.34. The minimum Gasteiger partial charge on any atom is -0.466 e. The molecule has 5 nitrogen and oxygen atoms in total. The van der Waals surface area contributed by atoms with Crippen LogP contribution in [0.2, 0.25) is 0 Å². The minimum atomic E-state index is -0.140. The van der Waals surface area contributed by atoms with Crippen molar-refractivity contribution in [2.45, 2.75) is 45.6 Å². The van der Waals surface area contributed by atoms with Gasteiger partial charge in [-0.05, 0) is 32.8 Å². The van der Waals surface area contributed by atoms with Gasteiger partial charge in [0.1, 0.15) is 17.3 Å². The van der Waals surface area contributed by atoms with Crippen molar-refractivity contribution in [3.63, 3.8) is 0 Å². The van der Waals surface area contributed by atoms with Gasteiger partial charge in [-0.2, -0.15) is 5.10 Å². The van der Waals surface area contributed by atoms with Crippen LogP contribution >= 0.6 is 0 Å². The molecule has 0 unspecified atom stereocenters. The molecule has 2 aromatic heterocycles. The summed E-state index contributed by atoms with van der Waals surface area (Å²) in [6.45, 7) is 3.64. The predicted octanol–water partition coefficient (Wildman–Crippen LogP) is 3.46. The smallest absolute Gasteiger partial charge is 0.260 e. The molecule has 20 heavy (non-hydrogen) atoms. The van der Waals surface area contributed by atoms with Gasteiger partial charge in [0, 0.05) is 6.07 Å². The normalized spacial score (nSPS) is 15.7. The molecule has 0 saturated heterocycles. The number of anilines is 1. The first-order valence-electron chi connectivity index (χ1n) is 7.07. The van der Waals surface area contributed by atoms with Crippen LogP contribution in [0.25, 0.3) is 0 Å². The number of aromatic nitrogens is 2. The van der Waals surface area contributed by atoms with Crippen molar-refractivity contribution in [1.29, 1.82) is 0 Å². The standard InChI is InChI=1S/C15H19N3O2/c1-10-9-13(11(2)20-10)15(19)17-14-7-8-16-18(14)12-5-3-4-6-12/h7-9,12H,3-6H2,1-2H3,(H,17,19). The number of nitrogens with one attached hydrogen (secondary N) is 1. The lowest BCUT2D eigenvalue weighted by molar-refractivity contribution is 0.102. The van der Waals surface area contributed by atoms with Gasteiger partial charge in [0.15, 0.2) is 0 Å². The number of amides is 1. The summed E-state index contributed by atoms with van der Waals surface area (Å²) in [4.78, 5) is 12.3. The van der Waals surface area contributed by atoms with Gasteiger partial charge < -0.3 is 9.73 Å². The lowest BCUT2D eigenvalue weighted by Gasteiger charge is -2.14. The van der Waals surface area contributed by atoms with Crippen LogP contribution in [0.4, 0.5) is 5.82 Å². The number of furan rings is 1. The molecule has 1 aliphatic rings. The Morgan fingerprint density at radius 1 is 1.40 bits per heavy atom. The minimum absolute atomic E-state index is 0.140. The summed E-state index contributed by atoms with van der Waals surface area (Å²) in [5.74, 6) is 2.02. The van der Waals surface area contributed by atoms with E-state index in [2.05, 4.69) is 10.4 Å². The second-order valence-electron chi connectivity index (χ2n) is 5.38. The fraction of sp³-hybridized carbons (Fsp3) is 0.467. The maximum absolute atomic E-state index is 12.3. The highest BCUT2D eigenvalue weighted by atomic mass is 16.3. The van der Waals surface area contributed by atoms with Crippen LogP contribution < -0.4 is 5.32 Å². The quantitative estimate of drug-likeness (QED) is 0.931. The molecule has 1 amide bonds. The van der Waals surface area contributed by atoms with Crippen LogP contribution in [-0.2, 0) is 0 Å². The lowest BCUT2D eigenvalue weighted by Crippen LogP contribution is -2.17. The van der Waals surface area contributed by atoms with Crippen molar-refractivity contribution >= 4 is 11.7 Å². The molecule has 0 atom stereocenters. The fourth-order valence-electron chi connectivity index (χ4n) is 2.89. The Bertz CT molecular complexity index is 621. The fourth-order valence-corrected chi connectivity index (χ4v) is 2.89. The predicted molar refractivity (Wildman–Crippen MR) is 75.9 cm³/mol. The summed E-state index contributed by atoms with van der Waals surface area (Å²) in [6, 6.07) is 4.02. The Morgan fingerprint density at radius 2 is 2.15 bits per heavy atom. The van der Waals surface area contributed by atoms with Crippen LogP contribution in [0.5, 0.6) is 0 Å². The van der Waals surface area contributed by atoms with Crippen molar-refractivity contribution in [1.82, 2.24) is 9.78 Å². The van der Waals surface area contributed by atoms with Gasteiger partial charge >= 0.3 is 0 Å². The van der Waals surface area contributed by atoms with Gasteiger partial charge in [0.05, 0.1) is 17.8 Å². The summed E-state index contributed by atoms with van der Waals surface area (Å²) in [5.41, 5.74) is 0.585. The molecule has 2 heterocycles. The average Bonchev–Trinajstić information content (AvgIpc) is 3.09. The summed E-state index contributed by atoms with van der Waals surface area (Å²) in [5, 5.41) is 7.29. The number of carbonyl (C=O) groups excluding carboxylic acids is 1. The molecule has 1 fully saturated rings. The molecule has 0 aromatic carbocycles. The van der Waals surface area contributed by atoms with Gasteiger partial charge in [-0.25, -0.2) is 4.68 Å². The molecule has 2 aromatic rings. The van der Waals surface area contributed by atoms with Crippen LogP contribution in [-0.4, -0.2) is 15.7 Å². The summed E-state index contributed by atoms with van der Waals surface area (Å²) >= 11 is 0. The molecular formula is C15H19N3O2. The molecule has 0 radical (unpaired) electrons. The van der Waals surface area contributed by atoms with E-state index in [4.69, 9.17) is 4.42 Å². The zero-order chi connectivity index (χ0) is 14.1. The number of nitrogens with zero attached hydrogens (tertiary/aromatic N) is 2. The van der Waals surface area contributed by atoms with E-state index in [9.17, 15) is 4.79 Å². The third-order valence-electron chi connectivity index (χ3n) is 3.87. The van der Waals surface area contributed by atoms with Crippen LogP contribution in [0.3, 0.4) is 0 Å². The first-order valence-corrected chi connectivity index (χ1v) is 7.07. The second kappa shape index (κ2) is 5.15. The molecule has 5 heteroatoms. The maximum Gasteiger partial charge on any atom is 0.260 e. The molecular weight excluding hydrogens is 254 g/mol. The number of hydrogen-bond donors (Lipinski definition) is 1. The highest BCUT2D eigenvalue weighted by molar-refractivity contribution is 6.04.